The van der Waals surface area contributed by atoms with Gasteiger partial charge in [-0.15, -0.1) is 0 Å². The highest BCUT2D eigenvalue weighted by Crippen LogP contribution is 2.15. The standard InChI is InChI=1S/C14H18O2/c1-10(2)13-7-5-12(6-8-13)9-14(15)16-11(3)4/h5-8,10H,3,9H2,1-2,4H3. The van der Waals surface area contributed by atoms with Gasteiger partial charge >= 0.3 is 5.97 Å². The van der Waals surface area contributed by atoms with Gasteiger partial charge in [0.15, 0.2) is 0 Å². The first kappa shape index (κ1) is 12.5. The molecule has 0 saturated carbocycles. The Morgan fingerprint density at radius 3 is 2.31 bits per heavy atom. The van der Waals surface area contributed by atoms with Gasteiger partial charge in [0.2, 0.25) is 0 Å². The molecule has 2 heteroatoms. The van der Waals surface area contributed by atoms with Crippen LogP contribution in [0.3, 0.4) is 0 Å². The molecule has 0 bridgehead atoms. The Kier molecular flexibility index (Phi) is 4.29. The van der Waals surface area contributed by atoms with Crippen molar-refractivity contribution in [3.63, 3.8) is 0 Å². The van der Waals surface area contributed by atoms with E-state index in [0.717, 1.165) is 5.56 Å². The number of carbonyl (C=O) groups excluding carboxylic acids is 1. The van der Waals surface area contributed by atoms with E-state index in [1.165, 1.54) is 5.56 Å². The lowest BCUT2D eigenvalue weighted by atomic mass is 10.0. The molecule has 86 valence electrons. The Morgan fingerprint density at radius 2 is 1.88 bits per heavy atom. The molecule has 0 atom stereocenters. The number of rotatable bonds is 4. The first-order valence-corrected chi connectivity index (χ1v) is 5.44. The second kappa shape index (κ2) is 5.50. The van der Waals surface area contributed by atoms with Gasteiger partial charge in [-0.05, 0) is 24.0 Å². The average molecular weight is 218 g/mol. The Bertz CT molecular complexity index is 374. The van der Waals surface area contributed by atoms with E-state index in [9.17, 15) is 4.79 Å². The van der Waals surface area contributed by atoms with Crippen LogP contribution < -0.4 is 0 Å². The van der Waals surface area contributed by atoms with Crippen LogP contribution in [0.25, 0.3) is 0 Å². The number of allylic oxidation sites excluding steroid dienone is 1. The maximum absolute atomic E-state index is 11.4. The quantitative estimate of drug-likeness (QED) is 0.571. The van der Waals surface area contributed by atoms with Crippen molar-refractivity contribution in [2.45, 2.75) is 33.1 Å². The third-order valence-electron chi connectivity index (χ3n) is 2.28. The van der Waals surface area contributed by atoms with E-state index in [-0.39, 0.29) is 5.97 Å². The molecule has 0 heterocycles. The molecule has 0 unspecified atom stereocenters. The van der Waals surface area contributed by atoms with Gasteiger partial charge in [-0.3, -0.25) is 4.79 Å². The van der Waals surface area contributed by atoms with Crippen molar-refractivity contribution in [2.24, 2.45) is 0 Å². The van der Waals surface area contributed by atoms with E-state index >= 15 is 0 Å². The van der Waals surface area contributed by atoms with Gasteiger partial charge in [0.25, 0.3) is 0 Å². The van der Waals surface area contributed by atoms with E-state index in [0.29, 0.717) is 18.1 Å². The predicted molar refractivity (Wildman–Crippen MR) is 65.1 cm³/mol. The van der Waals surface area contributed by atoms with Gasteiger partial charge in [-0.2, -0.15) is 0 Å². The van der Waals surface area contributed by atoms with Crippen LogP contribution >= 0.6 is 0 Å². The molecule has 1 aromatic carbocycles. The van der Waals surface area contributed by atoms with Crippen LogP contribution in [0.15, 0.2) is 36.6 Å². The van der Waals surface area contributed by atoms with E-state index in [1.54, 1.807) is 6.92 Å². The Morgan fingerprint density at radius 1 is 1.31 bits per heavy atom. The highest BCUT2D eigenvalue weighted by Gasteiger charge is 2.05. The average Bonchev–Trinajstić information content (AvgIpc) is 2.16. The number of hydrogen-bond acceptors (Lipinski definition) is 2. The normalized spacial score (nSPS) is 10.2. The molecule has 0 aliphatic carbocycles. The van der Waals surface area contributed by atoms with Gasteiger partial charge in [0.05, 0.1) is 12.2 Å². The predicted octanol–water partition coefficient (Wildman–Crippen LogP) is 3.43. The fraction of sp³-hybridized carbons (Fsp3) is 0.357. The smallest absolute Gasteiger partial charge is 0.315 e. The maximum Gasteiger partial charge on any atom is 0.315 e. The van der Waals surface area contributed by atoms with Gasteiger partial charge in [-0.25, -0.2) is 0 Å². The van der Waals surface area contributed by atoms with Gasteiger partial charge < -0.3 is 4.74 Å². The van der Waals surface area contributed by atoms with Crippen molar-refractivity contribution in [2.75, 3.05) is 0 Å². The van der Waals surface area contributed by atoms with Crippen molar-refractivity contribution < 1.29 is 9.53 Å². The number of benzene rings is 1. The van der Waals surface area contributed by atoms with Gasteiger partial charge in [-0.1, -0.05) is 44.7 Å². The molecule has 0 aromatic heterocycles. The lowest BCUT2D eigenvalue weighted by Crippen LogP contribution is -2.06. The molecule has 2 nitrogen and oxygen atoms in total. The van der Waals surface area contributed by atoms with Crippen LogP contribution in [0, 0.1) is 0 Å². The largest absolute Gasteiger partial charge is 0.432 e. The molecule has 16 heavy (non-hydrogen) atoms. The molecule has 0 spiro atoms. The molecule has 0 amide bonds. The Balaban J connectivity index is 2.62. The van der Waals surface area contributed by atoms with Crippen LogP contribution in [-0.2, 0) is 16.0 Å². The molecule has 1 rings (SSSR count). The monoisotopic (exact) mass is 218 g/mol. The summed E-state index contributed by atoms with van der Waals surface area (Å²) in [5.74, 6) is 0.685. The van der Waals surface area contributed by atoms with Crippen molar-refractivity contribution in [3.05, 3.63) is 47.7 Å². The van der Waals surface area contributed by atoms with Crippen molar-refractivity contribution in [1.29, 1.82) is 0 Å². The summed E-state index contributed by atoms with van der Waals surface area (Å²) in [6, 6.07) is 8.03. The molecular formula is C14H18O2. The summed E-state index contributed by atoms with van der Waals surface area (Å²) in [6.45, 7) is 9.48. The molecule has 0 fully saturated rings. The first-order chi connectivity index (χ1) is 7.49. The van der Waals surface area contributed by atoms with E-state index < -0.39 is 0 Å². The lowest BCUT2D eigenvalue weighted by molar-refractivity contribution is -0.138. The van der Waals surface area contributed by atoms with E-state index in [2.05, 4.69) is 20.4 Å². The van der Waals surface area contributed by atoms with Gasteiger partial charge in [0.1, 0.15) is 0 Å². The van der Waals surface area contributed by atoms with Crippen molar-refractivity contribution >= 4 is 5.97 Å². The second-order valence-corrected chi connectivity index (χ2v) is 4.25. The number of carbonyl (C=O) groups is 1. The Labute approximate surface area is 96.9 Å². The minimum absolute atomic E-state index is 0.259. The third-order valence-corrected chi connectivity index (χ3v) is 2.28. The zero-order valence-electron chi connectivity index (χ0n) is 10.1. The minimum atomic E-state index is -0.259. The van der Waals surface area contributed by atoms with Crippen LogP contribution in [0.1, 0.15) is 37.8 Å². The van der Waals surface area contributed by atoms with Crippen LogP contribution in [0.4, 0.5) is 0 Å². The molecule has 0 aliphatic rings. The fourth-order valence-corrected chi connectivity index (χ4v) is 1.42. The van der Waals surface area contributed by atoms with Crippen LogP contribution in [0.5, 0.6) is 0 Å². The summed E-state index contributed by atoms with van der Waals surface area (Å²) in [7, 11) is 0. The topological polar surface area (TPSA) is 26.3 Å². The summed E-state index contributed by atoms with van der Waals surface area (Å²) in [6.07, 6.45) is 0.297. The first-order valence-electron chi connectivity index (χ1n) is 5.44. The Hall–Kier alpha value is -1.57. The fourth-order valence-electron chi connectivity index (χ4n) is 1.42. The van der Waals surface area contributed by atoms with Gasteiger partial charge in [0, 0.05) is 0 Å². The maximum atomic E-state index is 11.4. The highest BCUT2D eigenvalue weighted by atomic mass is 16.5. The van der Waals surface area contributed by atoms with Crippen LogP contribution in [0.2, 0.25) is 0 Å². The molecule has 0 saturated heterocycles. The minimum Gasteiger partial charge on any atom is -0.432 e. The molecular weight excluding hydrogens is 200 g/mol. The van der Waals surface area contributed by atoms with Crippen molar-refractivity contribution in [3.8, 4) is 0 Å². The van der Waals surface area contributed by atoms with Crippen molar-refractivity contribution in [1.82, 2.24) is 0 Å². The lowest BCUT2D eigenvalue weighted by Gasteiger charge is -2.07. The summed E-state index contributed by atoms with van der Waals surface area (Å²) >= 11 is 0. The summed E-state index contributed by atoms with van der Waals surface area (Å²) in [4.78, 5) is 11.4. The molecule has 0 radical (unpaired) electrons. The van der Waals surface area contributed by atoms with Crippen LogP contribution in [-0.4, -0.2) is 5.97 Å². The van der Waals surface area contributed by atoms with E-state index in [4.69, 9.17) is 4.74 Å². The highest BCUT2D eigenvalue weighted by molar-refractivity contribution is 5.73. The second-order valence-electron chi connectivity index (χ2n) is 4.25. The molecule has 0 N–H and O–H groups in total. The third kappa shape index (κ3) is 3.89. The zero-order valence-corrected chi connectivity index (χ0v) is 10.1. The number of ether oxygens (including phenoxy) is 1. The summed E-state index contributed by atoms with van der Waals surface area (Å²) < 4.78 is 4.90. The molecule has 0 aliphatic heterocycles. The summed E-state index contributed by atoms with van der Waals surface area (Å²) in [5, 5.41) is 0. The van der Waals surface area contributed by atoms with E-state index in [1.807, 2.05) is 24.3 Å². The number of esters is 1. The molecule has 1 aromatic rings. The zero-order chi connectivity index (χ0) is 12.1. The summed E-state index contributed by atoms with van der Waals surface area (Å²) in [5.41, 5.74) is 2.24. The number of hydrogen-bond donors (Lipinski definition) is 0. The SMILES string of the molecule is C=C(C)OC(=O)Cc1ccc(C(C)C)cc1.